The minimum Gasteiger partial charge on any atom is -0.296 e. The van der Waals surface area contributed by atoms with E-state index in [4.69, 9.17) is 0 Å². The van der Waals surface area contributed by atoms with E-state index in [0.717, 1.165) is 5.56 Å². The van der Waals surface area contributed by atoms with Crippen LogP contribution in [-0.2, 0) is 13.0 Å². The van der Waals surface area contributed by atoms with Crippen molar-refractivity contribution in [3.05, 3.63) is 68.5 Å². The van der Waals surface area contributed by atoms with Gasteiger partial charge in [0.25, 0.3) is 5.56 Å². The zero-order chi connectivity index (χ0) is 12.3. The highest BCUT2D eigenvalue weighted by Crippen LogP contribution is 2.00. The molecule has 0 aliphatic carbocycles. The van der Waals surface area contributed by atoms with Crippen LogP contribution in [0.25, 0.3) is 0 Å². The molecule has 17 heavy (non-hydrogen) atoms. The van der Waals surface area contributed by atoms with Crippen LogP contribution >= 0.6 is 0 Å². The van der Waals surface area contributed by atoms with Crippen molar-refractivity contribution in [3.63, 3.8) is 0 Å². The van der Waals surface area contributed by atoms with Gasteiger partial charge in [0, 0.05) is 11.8 Å². The number of nitrogens with zero attached hydrogens (tertiary/aromatic N) is 1. The molecule has 0 saturated heterocycles. The monoisotopic (exact) mass is 230 g/mol. The van der Waals surface area contributed by atoms with Gasteiger partial charge in [-0.15, -0.1) is 0 Å². The number of aromatic nitrogens is 2. The first-order valence-electron chi connectivity index (χ1n) is 5.57. The topological polar surface area (TPSA) is 54.9 Å². The summed E-state index contributed by atoms with van der Waals surface area (Å²) in [5.41, 5.74) is 1.00. The van der Waals surface area contributed by atoms with Crippen molar-refractivity contribution in [2.24, 2.45) is 0 Å². The predicted molar refractivity (Wildman–Crippen MR) is 66.2 cm³/mol. The fraction of sp³-hybridized carbons (Fsp3) is 0.231. The first-order chi connectivity index (χ1) is 8.20. The van der Waals surface area contributed by atoms with Gasteiger partial charge in [-0.25, -0.2) is 4.79 Å². The van der Waals surface area contributed by atoms with E-state index >= 15 is 0 Å². The predicted octanol–water partition coefficient (Wildman–Crippen LogP) is 1.15. The lowest BCUT2D eigenvalue weighted by Crippen LogP contribution is -2.31. The fourth-order valence-corrected chi connectivity index (χ4v) is 1.70. The molecule has 4 nitrogen and oxygen atoms in total. The van der Waals surface area contributed by atoms with Crippen LogP contribution in [0.5, 0.6) is 0 Å². The Morgan fingerprint density at radius 3 is 2.53 bits per heavy atom. The van der Waals surface area contributed by atoms with Crippen molar-refractivity contribution in [1.82, 2.24) is 9.55 Å². The Morgan fingerprint density at radius 2 is 1.88 bits per heavy atom. The van der Waals surface area contributed by atoms with Crippen molar-refractivity contribution in [3.8, 4) is 0 Å². The van der Waals surface area contributed by atoms with E-state index < -0.39 is 0 Å². The summed E-state index contributed by atoms with van der Waals surface area (Å²) in [5.74, 6) is 0. The standard InChI is InChI=1S/C13H14N2O2/c1-2-11-9-15(13(17)14-12(11)16)8-10-6-4-3-5-7-10/h3-7,9H,2,8H2,1H3,(H,14,16,17). The lowest BCUT2D eigenvalue weighted by atomic mass is 10.2. The van der Waals surface area contributed by atoms with E-state index in [-0.39, 0.29) is 11.2 Å². The number of hydrogen-bond donors (Lipinski definition) is 1. The van der Waals surface area contributed by atoms with Crippen LogP contribution in [0, 0.1) is 0 Å². The number of nitrogens with one attached hydrogen (secondary N) is 1. The minimum absolute atomic E-state index is 0.290. The SMILES string of the molecule is CCc1cn(Cc2ccccc2)c(=O)[nH]c1=O. The molecule has 1 N–H and O–H groups in total. The van der Waals surface area contributed by atoms with Gasteiger partial charge < -0.3 is 0 Å². The summed E-state index contributed by atoms with van der Waals surface area (Å²) in [6, 6.07) is 9.67. The molecule has 0 bridgehead atoms. The van der Waals surface area contributed by atoms with Crippen LogP contribution in [0.15, 0.2) is 46.1 Å². The minimum atomic E-state index is -0.365. The molecule has 0 atom stereocenters. The summed E-state index contributed by atoms with van der Waals surface area (Å²) in [5, 5.41) is 0. The molecule has 0 unspecified atom stereocenters. The van der Waals surface area contributed by atoms with Crippen LogP contribution in [0.2, 0.25) is 0 Å². The van der Waals surface area contributed by atoms with E-state index in [2.05, 4.69) is 4.98 Å². The molecule has 0 fully saturated rings. The number of aryl methyl sites for hydroxylation is 1. The van der Waals surface area contributed by atoms with Gasteiger partial charge in [0.2, 0.25) is 0 Å². The first kappa shape index (κ1) is 11.4. The van der Waals surface area contributed by atoms with Gasteiger partial charge in [0.1, 0.15) is 0 Å². The van der Waals surface area contributed by atoms with Crippen molar-refractivity contribution >= 4 is 0 Å². The van der Waals surface area contributed by atoms with Crippen LogP contribution in [-0.4, -0.2) is 9.55 Å². The Labute approximate surface area is 98.6 Å². The Kier molecular flexibility index (Phi) is 3.23. The van der Waals surface area contributed by atoms with E-state index in [9.17, 15) is 9.59 Å². The number of rotatable bonds is 3. The highest BCUT2D eigenvalue weighted by Gasteiger charge is 2.03. The molecule has 0 radical (unpaired) electrons. The lowest BCUT2D eigenvalue weighted by molar-refractivity contribution is 0.707. The maximum absolute atomic E-state index is 11.6. The Bertz CT molecular complexity index is 611. The third-order valence-electron chi connectivity index (χ3n) is 2.66. The van der Waals surface area contributed by atoms with Gasteiger partial charge in [-0.1, -0.05) is 37.3 Å². The van der Waals surface area contributed by atoms with E-state index in [1.807, 2.05) is 37.3 Å². The molecule has 2 aromatic rings. The quantitative estimate of drug-likeness (QED) is 0.859. The van der Waals surface area contributed by atoms with E-state index in [0.29, 0.717) is 18.5 Å². The number of benzene rings is 1. The van der Waals surface area contributed by atoms with E-state index in [1.54, 1.807) is 6.20 Å². The van der Waals surface area contributed by atoms with Gasteiger partial charge in [0.05, 0.1) is 6.54 Å². The average molecular weight is 230 g/mol. The Morgan fingerprint density at radius 1 is 1.18 bits per heavy atom. The molecule has 0 aliphatic rings. The van der Waals surface area contributed by atoms with Crippen LogP contribution in [0.4, 0.5) is 0 Å². The van der Waals surface area contributed by atoms with Gasteiger partial charge in [0.15, 0.2) is 0 Å². The van der Waals surface area contributed by atoms with Crippen LogP contribution in [0.1, 0.15) is 18.1 Å². The smallest absolute Gasteiger partial charge is 0.296 e. The average Bonchev–Trinajstić information content (AvgIpc) is 2.34. The Hall–Kier alpha value is -2.10. The van der Waals surface area contributed by atoms with Gasteiger partial charge in [-0.05, 0) is 12.0 Å². The van der Waals surface area contributed by atoms with Gasteiger partial charge >= 0.3 is 5.69 Å². The molecular formula is C13H14N2O2. The second-order valence-corrected chi connectivity index (χ2v) is 3.88. The van der Waals surface area contributed by atoms with Crippen molar-refractivity contribution in [1.29, 1.82) is 0 Å². The van der Waals surface area contributed by atoms with E-state index in [1.165, 1.54) is 4.57 Å². The highest BCUT2D eigenvalue weighted by molar-refractivity contribution is 5.15. The fourth-order valence-electron chi connectivity index (χ4n) is 1.70. The third-order valence-corrected chi connectivity index (χ3v) is 2.66. The lowest BCUT2D eigenvalue weighted by Gasteiger charge is -2.06. The van der Waals surface area contributed by atoms with Crippen molar-refractivity contribution in [2.45, 2.75) is 19.9 Å². The van der Waals surface area contributed by atoms with Gasteiger partial charge in [-0.2, -0.15) is 0 Å². The number of hydrogen-bond acceptors (Lipinski definition) is 2. The normalized spacial score (nSPS) is 10.4. The second kappa shape index (κ2) is 4.82. The summed E-state index contributed by atoms with van der Waals surface area (Å²) in [7, 11) is 0. The van der Waals surface area contributed by atoms with Gasteiger partial charge in [-0.3, -0.25) is 14.3 Å². The largest absolute Gasteiger partial charge is 0.328 e. The number of aromatic amines is 1. The van der Waals surface area contributed by atoms with Crippen LogP contribution < -0.4 is 11.2 Å². The molecule has 0 aliphatic heterocycles. The third kappa shape index (κ3) is 2.53. The number of H-pyrrole nitrogens is 1. The van der Waals surface area contributed by atoms with Crippen molar-refractivity contribution < 1.29 is 0 Å². The molecule has 0 saturated carbocycles. The Balaban J connectivity index is 2.40. The molecule has 0 spiro atoms. The maximum atomic E-state index is 11.6. The molecule has 1 heterocycles. The van der Waals surface area contributed by atoms with Crippen molar-refractivity contribution in [2.75, 3.05) is 0 Å². The first-order valence-corrected chi connectivity index (χ1v) is 5.57. The highest BCUT2D eigenvalue weighted by atomic mass is 16.2. The molecule has 2 rings (SSSR count). The summed E-state index contributed by atoms with van der Waals surface area (Å²) >= 11 is 0. The summed E-state index contributed by atoms with van der Waals surface area (Å²) in [6.07, 6.45) is 2.25. The molecule has 1 aromatic carbocycles. The zero-order valence-electron chi connectivity index (χ0n) is 9.64. The molecule has 88 valence electrons. The maximum Gasteiger partial charge on any atom is 0.328 e. The zero-order valence-corrected chi connectivity index (χ0v) is 9.64. The molecule has 4 heteroatoms. The summed E-state index contributed by atoms with van der Waals surface area (Å²) < 4.78 is 1.52. The summed E-state index contributed by atoms with van der Waals surface area (Å²) in [4.78, 5) is 25.4. The molecule has 1 aromatic heterocycles. The molecule has 0 amide bonds. The second-order valence-electron chi connectivity index (χ2n) is 3.88. The molecular weight excluding hydrogens is 216 g/mol. The summed E-state index contributed by atoms with van der Waals surface area (Å²) in [6.45, 7) is 2.37. The van der Waals surface area contributed by atoms with Crippen LogP contribution in [0.3, 0.4) is 0 Å².